The molecule has 86 valence electrons. The molecule has 0 saturated carbocycles. The van der Waals surface area contributed by atoms with Crippen LogP contribution in [0.2, 0.25) is 0 Å². The van der Waals surface area contributed by atoms with E-state index in [9.17, 15) is 4.79 Å². The summed E-state index contributed by atoms with van der Waals surface area (Å²) in [6, 6.07) is 3.72. The predicted molar refractivity (Wildman–Crippen MR) is 58.8 cm³/mol. The highest BCUT2D eigenvalue weighted by Crippen LogP contribution is 2.20. The van der Waals surface area contributed by atoms with Gasteiger partial charge in [0.15, 0.2) is 0 Å². The molecule has 1 fully saturated rings. The monoisotopic (exact) mass is 222 g/mol. The molecule has 1 saturated heterocycles. The van der Waals surface area contributed by atoms with Crippen LogP contribution in [0, 0.1) is 0 Å². The maximum Gasteiger partial charge on any atom is 0.354 e. The average molecular weight is 222 g/mol. The van der Waals surface area contributed by atoms with Crippen molar-refractivity contribution >= 4 is 11.7 Å². The van der Waals surface area contributed by atoms with Crippen molar-refractivity contribution < 1.29 is 14.6 Å². The van der Waals surface area contributed by atoms with Gasteiger partial charge in [-0.1, -0.05) is 0 Å². The Kier molecular flexibility index (Phi) is 3.05. The number of likely N-dealkylation sites (N-methyl/N-ethyl adjacent to an activating group) is 1. The molecule has 2 heterocycles. The molecule has 0 amide bonds. The van der Waals surface area contributed by atoms with Crippen molar-refractivity contribution in [3.63, 3.8) is 0 Å². The van der Waals surface area contributed by atoms with E-state index >= 15 is 0 Å². The molecular formula is C11H14N2O3. The second-order valence-electron chi connectivity index (χ2n) is 3.83. The lowest BCUT2D eigenvalue weighted by atomic mass is 10.2. The number of hydrogen-bond acceptors (Lipinski definition) is 4. The molecule has 1 aromatic rings. The fourth-order valence-electron chi connectivity index (χ4n) is 1.79. The zero-order valence-electron chi connectivity index (χ0n) is 9.09. The van der Waals surface area contributed by atoms with Crippen molar-refractivity contribution in [3.05, 3.63) is 24.0 Å². The van der Waals surface area contributed by atoms with Crippen LogP contribution in [0.15, 0.2) is 18.3 Å². The topological polar surface area (TPSA) is 62.7 Å². The molecular weight excluding hydrogens is 208 g/mol. The van der Waals surface area contributed by atoms with Gasteiger partial charge in [0.2, 0.25) is 0 Å². The van der Waals surface area contributed by atoms with Gasteiger partial charge in [0.05, 0.1) is 12.6 Å². The van der Waals surface area contributed by atoms with Gasteiger partial charge in [-0.25, -0.2) is 9.78 Å². The van der Waals surface area contributed by atoms with Crippen molar-refractivity contribution in [2.45, 2.75) is 12.5 Å². The maximum absolute atomic E-state index is 10.8. The van der Waals surface area contributed by atoms with Crippen molar-refractivity contribution in [2.24, 2.45) is 0 Å². The van der Waals surface area contributed by atoms with Crippen LogP contribution in [0.1, 0.15) is 16.9 Å². The summed E-state index contributed by atoms with van der Waals surface area (Å²) in [7, 11) is 1.94. The molecule has 0 radical (unpaired) electrons. The van der Waals surface area contributed by atoms with Gasteiger partial charge in [0.1, 0.15) is 5.69 Å². The smallest absolute Gasteiger partial charge is 0.354 e. The third kappa shape index (κ3) is 2.14. The van der Waals surface area contributed by atoms with Crippen LogP contribution in [0.4, 0.5) is 5.69 Å². The molecule has 5 heteroatoms. The number of pyridine rings is 1. The van der Waals surface area contributed by atoms with Crippen LogP contribution in [-0.4, -0.2) is 42.4 Å². The molecule has 0 aliphatic carbocycles. The Morgan fingerprint density at radius 1 is 1.69 bits per heavy atom. The van der Waals surface area contributed by atoms with Crippen LogP contribution in [0.25, 0.3) is 0 Å². The van der Waals surface area contributed by atoms with Crippen molar-refractivity contribution in [3.8, 4) is 0 Å². The minimum absolute atomic E-state index is 0.0725. The Labute approximate surface area is 93.7 Å². The standard InChI is InChI=1S/C11H14N2O3/c1-13(9-3-5-16-7-9)8-2-4-12-10(6-8)11(14)15/h2,4,6,9H,3,5,7H2,1H3,(H,14,15). The Morgan fingerprint density at radius 2 is 2.50 bits per heavy atom. The maximum atomic E-state index is 10.8. The number of ether oxygens (including phenoxy) is 1. The Balaban J connectivity index is 2.18. The summed E-state index contributed by atoms with van der Waals surface area (Å²) in [4.78, 5) is 16.6. The van der Waals surface area contributed by atoms with Gasteiger partial charge in [-0.2, -0.15) is 0 Å². The molecule has 5 nitrogen and oxygen atoms in total. The second-order valence-corrected chi connectivity index (χ2v) is 3.83. The van der Waals surface area contributed by atoms with Crippen molar-refractivity contribution in [1.82, 2.24) is 4.98 Å². The largest absolute Gasteiger partial charge is 0.477 e. The summed E-state index contributed by atoms with van der Waals surface area (Å²) < 4.78 is 5.30. The quantitative estimate of drug-likeness (QED) is 0.826. The fourth-order valence-corrected chi connectivity index (χ4v) is 1.79. The summed E-state index contributed by atoms with van der Waals surface area (Å²) in [5, 5.41) is 8.85. The van der Waals surface area contributed by atoms with Crippen LogP contribution in [0.5, 0.6) is 0 Å². The SMILES string of the molecule is CN(c1ccnc(C(=O)O)c1)C1CCOC1. The van der Waals surface area contributed by atoms with Gasteiger partial charge in [-0.3, -0.25) is 0 Å². The number of hydrogen-bond donors (Lipinski definition) is 1. The minimum Gasteiger partial charge on any atom is -0.477 e. The highest BCUT2D eigenvalue weighted by molar-refractivity contribution is 5.86. The molecule has 1 atom stereocenters. The molecule has 0 spiro atoms. The third-order valence-corrected chi connectivity index (χ3v) is 2.82. The molecule has 1 aliphatic rings. The average Bonchev–Trinajstić information content (AvgIpc) is 2.81. The predicted octanol–water partition coefficient (Wildman–Crippen LogP) is 1.00. The van der Waals surface area contributed by atoms with Gasteiger partial charge in [-0.15, -0.1) is 0 Å². The Hall–Kier alpha value is -1.62. The molecule has 1 N–H and O–H groups in total. The number of anilines is 1. The Bertz CT molecular complexity index is 389. The zero-order chi connectivity index (χ0) is 11.5. The molecule has 0 bridgehead atoms. The lowest BCUT2D eigenvalue weighted by Gasteiger charge is -2.25. The van der Waals surface area contributed by atoms with Gasteiger partial charge in [0.25, 0.3) is 0 Å². The second kappa shape index (κ2) is 4.49. The summed E-state index contributed by atoms with van der Waals surface area (Å²) in [5.41, 5.74) is 0.936. The first kappa shape index (κ1) is 10.9. The molecule has 1 unspecified atom stereocenters. The van der Waals surface area contributed by atoms with E-state index in [0.29, 0.717) is 12.6 Å². The zero-order valence-corrected chi connectivity index (χ0v) is 9.09. The van der Waals surface area contributed by atoms with E-state index in [0.717, 1.165) is 18.7 Å². The normalized spacial score (nSPS) is 19.7. The summed E-state index contributed by atoms with van der Waals surface area (Å²) in [6.45, 7) is 1.47. The lowest BCUT2D eigenvalue weighted by molar-refractivity contribution is 0.0690. The van der Waals surface area contributed by atoms with E-state index < -0.39 is 5.97 Å². The van der Waals surface area contributed by atoms with Crippen LogP contribution < -0.4 is 4.90 Å². The molecule has 16 heavy (non-hydrogen) atoms. The van der Waals surface area contributed by atoms with Crippen molar-refractivity contribution in [1.29, 1.82) is 0 Å². The van der Waals surface area contributed by atoms with E-state index in [1.165, 1.54) is 6.20 Å². The fraction of sp³-hybridized carbons (Fsp3) is 0.455. The summed E-state index contributed by atoms with van der Waals surface area (Å²) in [6.07, 6.45) is 2.49. The number of aromatic nitrogens is 1. The number of nitrogens with zero attached hydrogens (tertiary/aromatic N) is 2. The first-order valence-electron chi connectivity index (χ1n) is 5.18. The number of aromatic carboxylic acids is 1. The van der Waals surface area contributed by atoms with E-state index in [4.69, 9.17) is 9.84 Å². The van der Waals surface area contributed by atoms with E-state index in [-0.39, 0.29) is 5.69 Å². The highest BCUT2D eigenvalue weighted by atomic mass is 16.5. The number of carboxylic acids is 1. The molecule has 2 rings (SSSR count). The number of carbonyl (C=O) groups is 1. The molecule has 0 aromatic carbocycles. The van der Waals surface area contributed by atoms with Crippen molar-refractivity contribution in [2.75, 3.05) is 25.2 Å². The lowest BCUT2D eigenvalue weighted by Crippen LogP contribution is -2.31. The van der Waals surface area contributed by atoms with Crippen LogP contribution in [-0.2, 0) is 4.74 Å². The minimum atomic E-state index is -1.00. The van der Waals surface area contributed by atoms with E-state index in [1.54, 1.807) is 6.07 Å². The summed E-state index contributed by atoms with van der Waals surface area (Å²) >= 11 is 0. The number of rotatable bonds is 3. The number of carboxylic acid groups (broad SMARTS) is 1. The Morgan fingerprint density at radius 3 is 3.12 bits per heavy atom. The van der Waals surface area contributed by atoms with Crippen LogP contribution >= 0.6 is 0 Å². The van der Waals surface area contributed by atoms with E-state index in [2.05, 4.69) is 4.98 Å². The first-order chi connectivity index (χ1) is 7.68. The van der Waals surface area contributed by atoms with Crippen LogP contribution in [0.3, 0.4) is 0 Å². The molecule has 1 aromatic heterocycles. The third-order valence-electron chi connectivity index (χ3n) is 2.82. The van der Waals surface area contributed by atoms with E-state index in [1.807, 2.05) is 18.0 Å². The van der Waals surface area contributed by atoms with Gasteiger partial charge in [-0.05, 0) is 18.6 Å². The first-order valence-corrected chi connectivity index (χ1v) is 5.18. The molecule has 1 aliphatic heterocycles. The highest BCUT2D eigenvalue weighted by Gasteiger charge is 2.21. The van der Waals surface area contributed by atoms with Gasteiger partial charge >= 0.3 is 5.97 Å². The summed E-state index contributed by atoms with van der Waals surface area (Å²) in [5.74, 6) is -1.00. The van der Waals surface area contributed by atoms with Gasteiger partial charge < -0.3 is 14.7 Å². The van der Waals surface area contributed by atoms with Gasteiger partial charge in [0, 0.05) is 25.5 Å².